The number of carbonyl (C=O) groups is 1. The van der Waals surface area contributed by atoms with Gasteiger partial charge in [-0.05, 0) is 60.0 Å². The van der Waals surface area contributed by atoms with E-state index in [0.29, 0.717) is 19.8 Å². The Labute approximate surface area is 158 Å². The molecular formula is C17H39N5O4. The number of rotatable bonds is 19. The Morgan fingerprint density at radius 2 is 1.12 bits per heavy atom. The molecule has 9 nitrogen and oxygen atoms in total. The molecule has 0 rings (SSSR count). The van der Waals surface area contributed by atoms with Gasteiger partial charge in [-0.1, -0.05) is 0 Å². The molecule has 6 N–H and O–H groups in total. The van der Waals surface area contributed by atoms with Crippen LogP contribution in [0.3, 0.4) is 0 Å². The van der Waals surface area contributed by atoms with Crippen LogP contribution in [0.25, 0.3) is 0 Å². The summed E-state index contributed by atoms with van der Waals surface area (Å²) in [6.45, 7) is 5.24. The molecule has 0 atom stereocenters. The Bertz CT molecular complexity index is 298. The molecule has 0 aliphatic heterocycles. The van der Waals surface area contributed by atoms with Gasteiger partial charge < -0.3 is 41.2 Å². The maximum absolute atomic E-state index is 11.5. The highest BCUT2D eigenvalue weighted by molar-refractivity contribution is 5.72. The molecule has 0 aromatic heterocycles. The lowest BCUT2D eigenvalue weighted by atomic mass is 10.0. The van der Waals surface area contributed by atoms with Crippen LogP contribution in [-0.2, 0) is 14.2 Å². The van der Waals surface area contributed by atoms with Gasteiger partial charge in [-0.25, -0.2) is 4.79 Å². The van der Waals surface area contributed by atoms with Gasteiger partial charge in [0.25, 0.3) is 0 Å². The number of nitrogens with one attached hydrogen (secondary N) is 4. The minimum absolute atomic E-state index is 0.289. The standard InChI is InChI=1S/C17H39N5O4/c1-19-7-4-10-24-13-17(22-16(18)23,14-25-11-5-8-20-2)15-26-12-6-9-21-3/h19-21H,4-15H2,1-3H3,(H3,18,22,23). The second kappa shape index (κ2) is 17.4. The van der Waals surface area contributed by atoms with Crippen LogP contribution in [0.1, 0.15) is 19.3 Å². The fourth-order valence-electron chi connectivity index (χ4n) is 2.35. The molecule has 0 spiro atoms. The lowest BCUT2D eigenvalue weighted by Gasteiger charge is -2.33. The molecule has 0 unspecified atom stereocenters. The zero-order chi connectivity index (χ0) is 19.5. The molecule has 156 valence electrons. The molecule has 26 heavy (non-hydrogen) atoms. The number of carbonyl (C=O) groups excluding carboxylic acids is 1. The van der Waals surface area contributed by atoms with E-state index in [4.69, 9.17) is 19.9 Å². The van der Waals surface area contributed by atoms with Gasteiger partial charge in [0, 0.05) is 19.8 Å². The maximum Gasteiger partial charge on any atom is 0.312 e. The number of urea groups is 1. The summed E-state index contributed by atoms with van der Waals surface area (Å²) < 4.78 is 17.3. The number of primary amides is 1. The summed E-state index contributed by atoms with van der Waals surface area (Å²) in [7, 11) is 5.70. The van der Waals surface area contributed by atoms with Crippen LogP contribution in [0.2, 0.25) is 0 Å². The van der Waals surface area contributed by atoms with Crippen molar-refractivity contribution in [2.45, 2.75) is 24.8 Å². The zero-order valence-corrected chi connectivity index (χ0v) is 16.7. The Morgan fingerprint density at radius 1 is 0.769 bits per heavy atom. The van der Waals surface area contributed by atoms with E-state index in [1.54, 1.807) is 0 Å². The number of amides is 2. The third kappa shape index (κ3) is 14.2. The highest BCUT2D eigenvalue weighted by Crippen LogP contribution is 2.10. The van der Waals surface area contributed by atoms with Crippen LogP contribution >= 0.6 is 0 Å². The monoisotopic (exact) mass is 377 g/mol. The maximum atomic E-state index is 11.5. The number of nitrogens with two attached hydrogens (primary N) is 1. The van der Waals surface area contributed by atoms with Crippen LogP contribution in [0.15, 0.2) is 0 Å². The van der Waals surface area contributed by atoms with Gasteiger partial charge in [0.1, 0.15) is 5.54 Å². The molecule has 0 radical (unpaired) electrons. The average Bonchev–Trinajstić information content (AvgIpc) is 2.60. The molecule has 0 heterocycles. The number of hydrogen-bond acceptors (Lipinski definition) is 7. The van der Waals surface area contributed by atoms with E-state index in [1.807, 2.05) is 21.1 Å². The van der Waals surface area contributed by atoms with Gasteiger partial charge in [0.2, 0.25) is 0 Å². The largest absolute Gasteiger partial charge is 0.379 e. The molecule has 0 aliphatic rings. The zero-order valence-electron chi connectivity index (χ0n) is 16.7. The van der Waals surface area contributed by atoms with Crippen molar-refractivity contribution in [1.82, 2.24) is 21.3 Å². The van der Waals surface area contributed by atoms with E-state index in [1.165, 1.54) is 0 Å². The fraction of sp³-hybridized carbons (Fsp3) is 0.941. The normalized spacial score (nSPS) is 11.7. The van der Waals surface area contributed by atoms with Crippen LogP contribution in [0.4, 0.5) is 4.79 Å². The third-order valence-corrected chi connectivity index (χ3v) is 3.67. The van der Waals surface area contributed by atoms with Crippen molar-refractivity contribution in [3.8, 4) is 0 Å². The predicted octanol–water partition coefficient (Wildman–Crippen LogP) is -0.728. The summed E-state index contributed by atoms with van der Waals surface area (Å²) in [6, 6.07) is -0.610. The third-order valence-electron chi connectivity index (χ3n) is 3.67. The van der Waals surface area contributed by atoms with Crippen LogP contribution in [0, 0.1) is 0 Å². The molecular weight excluding hydrogens is 338 g/mol. The highest BCUT2D eigenvalue weighted by Gasteiger charge is 2.33. The molecule has 0 aromatic carbocycles. The summed E-state index contributed by atoms with van der Waals surface area (Å²) in [5.41, 5.74) is 4.60. The average molecular weight is 378 g/mol. The van der Waals surface area contributed by atoms with Crippen LogP contribution in [-0.4, -0.2) is 92.0 Å². The van der Waals surface area contributed by atoms with Crippen molar-refractivity contribution < 1.29 is 19.0 Å². The Kier molecular flexibility index (Phi) is 16.8. The lowest BCUT2D eigenvalue weighted by Crippen LogP contribution is -2.60. The van der Waals surface area contributed by atoms with E-state index >= 15 is 0 Å². The van der Waals surface area contributed by atoms with Gasteiger partial charge in [-0.3, -0.25) is 0 Å². The summed E-state index contributed by atoms with van der Waals surface area (Å²) in [6.07, 6.45) is 2.65. The minimum atomic E-state index is -0.787. The SMILES string of the molecule is CNCCCOCC(COCCCNC)(COCCCNC)NC(N)=O. The van der Waals surface area contributed by atoms with Gasteiger partial charge in [0.15, 0.2) is 0 Å². The summed E-state index contributed by atoms with van der Waals surface area (Å²) >= 11 is 0. The lowest BCUT2D eigenvalue weighted by molar-refractivity contribution is -0.0350. The number of hydrogen-bond donors (Lipinski definition) is 5. The van der Waals surface area contributed by atoms with Gasteiger partial charge in [-0.15, -0.1) is 0 Å². The first kappa shape index (κ1) is 25.0. The first-order valence-electron chi connectivity index (χ1n) is 9.35. The van der Waals surface area contributed by atoms with E-state index in [-0.39, 0.29) is 19.8 Å². The van der Waals surface area contributed by atoms with E-state index in [2.05, 4.69) is 21.3 Å². The molecule has 0 bridgehead atoms. The molecule has 0 saturated heterocycles. The first-order chi connectivity index (χ1) is 12.6. The number of ether oxygens (including phenoxy) is 3. The van der Waals surface area contributed by atoms with E-state index in [9.17, 15) is 4.79 Å². The van der Waals surface area contributed by atoms with E-state index in [0.717, 1.165) is 38.9 Å². The van der Waals surface area contributed by atoms with Gasteiger partial charge >= 0.3 is 6.03 Å². The molecule has 0 fully saturated rings. The van der Waals surface area contributed by atoms with Gasteiger partial charge in [-0.2, -0.15) is 0 Å². The van der Waals surface area contributed by atoms with Crippen molar-refractivity contribution in [2.75, 3.05) is 80.4 Å². The van der Waals surface area contributed by atoms with Crippen molar-refractivity contribution in [3.05, 3.63) is 0 Å². The highest BCUT2D eigenvalue weighted by atomic mass is 16.5. The second-order valence-corrected chi connectivity index (χ2v) is 6.30. The molecule has 0 saturated carbocycles. The molecule has 0 aliphatic carbocycles. The van der Waals surface area contributed by atoms with Crippen LogP contribution in [0.5, 0.6) is 0 Å². The van der Waals surface area contributed by atoms with Crippen molar-refractivity contribution in [1.29, 1.82) is 0 Å². The summed E-state index contributed by atoms with van der Waals surface area (Å²) in [4.78, 5) is 11.5. The Balaban J connectivity index is 4.61. The smallest absolute Gasteiger partial charge is 0.312 e. The second-order valence-electron chi connectivity index (χ2n) is 6.30. The van der Waals surface area contributed by atoms with Gasteiger partial charge in [0.05, 0.1) is 19.8 Å². The quantitative estimate of drug-likeness (QED) is 0.188. The molecule has 0 aromatic rings. The summed E-state index contributed by atoms with van der Waals surface area (Å²) in [5, 5.41) is 12.0. The first-order valence-corrected chi connectivity index (χ1v) is 9.35. The molecule has 9 heteroatoms. The van der Waals surface area contributed by atoms with Crippen LogP contribution < -0.4 is 27.0 Å². The Hall–Kier alpha value is -0.970. The molecule has 2 amide bonds. The topological polar surface area (TPSA) is 119 Å². The fourth-order valence-corrected chi connectivity index (χ4v) is 2.35. The van der Waals surface area contributed by atoms with Crippen molar-refractivity contribution in [2.24, 2.45) is 5.73 Å². The van der Waals surface area contributed by atoms with Crippen molar-refractivity contribution in [3.63, 3.8) is 0 Å². The summed E-state index contributed by atoms with van der Waals surface area (Å²) in [5.74, 6) is 0. The van der Waals surface area contributed by atoms with Crippen molar-refractivity contribution >= 4 is 6.03 Å². The van der Waals surface area contributed by atoms with E-state index < -0.39 is 11.6 Å². The predicted molar refractivity (Wildman–Crippen MR) is 104 cm³/mol. The minimum Gasteiger partial charge on any atom is -0.379 e. The Morgan fingerprint density at radius 3 is 1.38 bits per heavy atom.